The van der Waals surface area contributed by atoms with Crippen molar-refractivity contribution in [2.45, 2.75) is 73.9 Å². The molecule has 0 heterocycles. The molecule has 1 rings (SSSR count). The van der Waals surface area contributed by atoms with Gasteiger partial charge < -0.3 is 0 Å². The van der Waals surface area contributed by atoms with Gasteiger partial charge in [-0.3, -0.25) is 0 Å². The van der Waals surface area contributed by atoms with Gasteiger partial charge in [-0.25, -0.2) is 13.2 Å². The van der Waals surface area contributed by atoms with Crippen LogP contribution in [0.2, 0.25) is 0 Å². The molecular formula is C15H27F3. The Balaban J connectivity index is 3.72. The number of hydrogen-bond donors (Lipinski definition) is 0. The van der Waals surface area contributed by atoms with Crippen molar-refractivity contribution in [3.63, 3.8) is 0 Å². The molecule has 3 heteroatoms. The average molecular weight is 264 g/mol. The molecule has 18 heavy (non-hydrogen) atoms. The van der Waals surface area contributed by atoms with Crippen molar-refractivity contribution in [2.24, 2.45) is 21.7 Å². The normalized spacial score (nSPS) is 39.3. The zero-order valence-corrected chi connectivity index (χ0v) is 13.1. The van der Waals surface area contributed by atoms with Crippen molar-refractivity contribution in [3.05, 3.63) is 0 Å². The topological polar surface area (TPSA) is 0 Å². The Morgan fingerprint density at radius 2 is 0.722 bits per heavy atom. The molecule has 1 aliphatic rings. The van der Waals surface area contributed by atoms with E-state index in [2.05, 4.69) is 0 Å². The van der Waals surface area contributed by atoms with E-state index in [0.717, 1.165) is 6.92 Å². The molecule has 0 aromatic rings. The molecule has 0 nitrogen and oxygen atoms in total. The lowest BCUT2D eigenvalue weighted by Crippen LogP contribution is -2.75. The van der Waals surface area contributed by atoms with Gasteiger partial charge in [0.05, 0.1) is 0 Å². The largest absolute Gasteiger partial charge is 0.287 e. The predicted molar refractivity (Wildman–Crippen MR) is 69.6 cm³/mol. The second-order valence-corrected chi connectivity index (χ2v) is 8.08. The predicted octanol–water partition coefficient (Wildman–Crippen LogP) is 5.47. The maximum Gasteiger partial charge on any atom is 0.287 e. The fourth-order valence-electron chi connectivity index (χ4n) is 3.52. The lowest BCUT2D eigenvalue weighted by molar-refractivity contribution is -0.348. The van der Waals surface area contributed by atoms with Crippen LogP contribution in [0.3, 0.4) is 0 Å². The Kier molecular flexibility index (Phi) is 2.88. The number of halogens is 3. The molecule has 1 unspecified atom stereocenters. The van der Waals surface area contributed by atoms with Crippen LogP contribution in [0.5, 0.6) is 0 Å². The van der Waals surface area contributed by atoms with Crippen LogP contribution in [-0.4, -0.2) is 11.6 Å². The van der Waals surface area contributed by atoms with Crippen LogP contribution in [0.25, 0.3) is 0 Å². The van der Waals surface area contributed by atoms with Crippen LogP contribution in [0, 0.1) is 21.7 Å². The van der Waals surface area contributed by atoms with Gasteiger partial charge in [0.25, 0.3) is 5.92 Å². The maximum absolute atomic E-state index is 15.0. The highest BCUT2D eigenvalue weighted by Gasteiger charge is 2.79. The first kappa shape index (κ1) is 15.8. The first-order valence-electron chi connectivity index (χ1n) is 6.57. The Bertz CT molecular complexity index is 243. The van der Waals surface area contributed by atoms with E-state index >= 15 is 4.39 Å². The minimum atomic E-state index is -3.37. The van der Waals surface area contributed by atoms with Crippen LogP contribution < -0.4 is 0 Å². The van der Waals surface area contributed by atoms with E-state index in [0.29, 0.717) is 0 Å². The van der Waals surface area contributed by atoms with E-state index < -0.39 is 33.3 Å². The van der Waals surface area contributed by atoms with Gasteiger partial charge in [-0.1, -0.05) is 55.4 Å². The highest BCUT2D eigenvalue weighted by molar-refractivity contribution is 5.22. The fourth-order valence-corrected chi connectivity index (χ4v) is 3.52. The second kappa shape index (κ2) is 3.27. The lowest BCUT2D eigenvalue weighted by Gasteiger charge is -2.70. The van der Waals surface area contributed by atoms with Crippen LogP contribution in [-0.2, 0) is 0 Å². The van der Waals surface area contributed by atoms with Crippen LogP contribution in [0.1, 0.15) is 62.3 Å². The Morgan fingerprint density at radius 1 is 0.444 bits per heavy atom. The second-order valence-electron chi connectivity index (χ2n) is 8.08. The minimum Gasteiger partial charge on any atom is -0.237 e. The third-order valence-corrected chi connectivity index (χ3v) is 7.24. The van der Waals surface area contributed by atoms with Crippen LogP contribution in [0.4, 0.5) is 13.2 Å². The third-order valence-electron chi connectivity index (χ3n) is 7.24. The van der Waals surface area contributed by atoms with E-state index in [9.17, 15) is 8.78 Å². The first-order valence-corrected chi connectivity index (χ1v) is 6.57. The first-order chi connectivity index (χ1) is 7.50. The van der Waals surface area contributed by atoms with Gasteiger partial charge in [0.1, 0.15) is 0 Å². The van der Waals surface area contributed by atoms with Gasteiger partial charge >= 0.3 is 0 Å². The minimum absolute atomic E-state index is 0.561. The summed E-state index contributed by atoms with van der Waals surface area (Å²) in [6.07, 6.45) is 0. The van der Waals surface area contributed by atoms with Crippen molar-refractivity contribution in [1.82, 2.24) is 0 Å². The van der Waals surface area contributed by atoms with E-state index in [1.165, 1.54) is 13.8 Å². The van der Waals surface area contributed by atoms with Crippen molar-refractivity contribution in [1.29, 1.82) is 0 Å². The molecule has 1 saturated carbocycles. The highest BCUT2D eigenvalue weighted by atomic mass is 19.3. The van der Waals surface area contributed by atoms with Gasteiger partial charge in [0, 0.05) is 10.8 Å². The summed E-state index contributed by atoms with van der Waals surface area (Å²) < 4.78 is 44.5. The summed E-state index contributed by atoms with van der Waals surface area (Å²) >= 11 is 0. The summed E-state index contributed by atoms with van der Waals surface area (Å²) in [5, 5.41) is 0. The summed E-state index contributed by atoms with van der Waals surface area (Å²) in [5.41, 5.74) is -6.33. The Morgan fingerprint density at radius 3 is 1.06 bits per heavy atom. The molecule has 1 atom stereocenters. The summed E-state index contributed by atoms with van der Waals surface area (Å²) in [7, 11) is 0. The molecule has 0 amide bonds. The molecule has 108 valence electrons. The molecule has 0 aromatic heterocycles. The standard InChI is InChI=1S/C15H27F3/c1-10(2)11(3,4)13(7,8)15(17,18)14(9,16)12(10,5)6/h1-9H3. The zero-order valence-electron chi connectivity index (χ0n) is 13.1. The molecule has 0 spiro atoms. The highest BCUT2D eigenvalue weighted by Crippen LogP contribution is 2.74. The van der Waals surface area contributed by atoms with Crippen molar-refractivity contribution in [3.8, 4) is 0 Å². The summed E-state index contributed by atoms with van der Waals surface area (Å²) in [6.45, 7) is 14.8. The smallest absolute Gasteiger partial charge is 0.237 e. The Labute approximate surface area is 109 Å². The molecule has 0 aliphatic heterocycles. The van der Waals surface area contributed by atoms with E-state index in [1.54, 1.807) is 13.8 Å². The summed E-state index contributed by atoms with van der Waals surface area (Å²) in [6, 6.07) is 0. The van der Waals surface area contributed by atoms with Crippen molar-refractivity contribution < 1.29 is 13.2 Å². The summed E-state index contributed by atoms with van der Waals surface area (Å²) in [4.78, 5) is 0. The summed E-state index contributed by atoms with van der Waals surface area (Å²) in [5.74, 6) is -3.37. The van der Waals surface area contributed by atoms with Gasteiger partial charge in [-0.15, -0.1) is 0 Å². The molecule has 0 bridgehead atoms. The van der Waals surface area contributed by atoms with Gasteiger partial charge in [-0.05, 0) is 17.8 Å². The molecule has 0 N–H and O–H groups in total. The number of alkyl halides is 3. The van der Waals surface area contributed by atoms with E-state index in [-0.39, 0.29) is 0 Å². The zero-order chi connectivity index (χ0) is 15.0. The van der Waals surface area contributed by atoms with Gasteiger partial charge in [-0.2, -0.15) is 0 Å². The number of hydrogen-bond acceptors (Lipinski definition) is 0. The van der Waals surface area contributed by atoms with Crippen molar-refractivity contribution >= 4 is 0 Å². The molecular weight excluding hydrogens is 237 g/mol. The fraction of sp³-hybridized carbons (Fsp3) is 1.00. The third kappa shape index (κ3) is 1.19. The molecule has 0 radical (unpaired) electrons. The van der Waals surface area contributed by atoms with Gasteiger partial charge in [0.15, 0.2) is 5.67 Å². The SMILES string of the molecule is CC1(C)C(C)(C)C(C)(C)C(F)(F)C(C)(F)C1(C)C. The lowest BCUT2D eigenvalue weighted by atomic mass is 9.37. The van der Waals surface area contributed by atoms with Crippen molar-refractivity contribution in [2.75, 3.05) is 0 Å². The number of rotatable bonds is 0. The maximum atomic E-state index is 15.0. The molecule has 0 aromatic carbocycles. The Hall–Kier alpha value is -0.210. The van der Waals surface area contributed by atoms with Crippen LogP contribution in [0.15, 0.2) is 0 Å². The van der Waals surface area contributed by atoms with E-state index in [1.807, 2.05) is 27.7 Å². The average Bonchev–Trinajstić information content (AvgIpc) is 2.14. The van der Waals surface area contributed by atoms with E-state index in [4.69, 9.17) is 0 Å². The molecule has 0 saturated heterocycles. The van der Waals surface area contributed by atoms with Crippen LogP contribution >= 0.6 is 0 Å². The monoisotopic (exact) mass is 264 g/mol. The van der Waals surface area contributed by atoms with Gasteiger partial charge in [0.2, 0.25) is 0 Å². The molecule has 1 fully saturated rings. The molecule has 1 aliphatic carbocycles. The quantitative estimate of drug-likeness (QED) is 0.544.